The molecule has 0 spiro atoms. The van der Waals surface area contributed by atoms with Crippen LogP contribution in [0.4, 0.5) is 5.69 Å². The van der Waals surface area contributed by atoms with Crippen LogP contribution in [-0.4, -0.2) is 29.8 Å². The summed E-state index contributed by atoms with van der Waals surface area (Å²) in [6.45, 7) is 4.19. The van der Waals surface area contributed by atoms with Crippen LogP contribution in [0.5, 0.6) is 0 Å². The first-order valence-corrected chi connectivity index (χ1v) is 6.28. The molecule has 0 aliphatic carbocycles. The zero-order valence-electron chi connectivity index (χ0n) is 10.3. The zero-order valence-corrected chi connectivity index (χ0v) is 10.3. The highest BCUT2D eigenvalue weighted by molar-refractivity contribution is 5.45. The second-order valence-corrected chi connectivity index (χ2v) is 4.87. The predicted octanol–water partition coefficient (Wildman–Crippen LogP) is 1.31. The van der Waals surface area contributed by atoms with Gasteiger partial charge in [-0.1, -0.05) is 0 Å². The van der Waals surface area contributed by atoms with E-state index in [0.29, 0.717) is 5.92 Å². The molecule has 0 radical (unpaired) electrons. The molecule has 1 saturated heterocycles. The minimum absolute atomic E-state index is 0.0180. The predicted molar refractivity (Wildman–Crippen MR) is 68.9 cm³/mol. The lowest BCUT2D eigenvalue weighted by Crippen LogP contribution is -2.36. The van der Waals surface area contributed by atoms with Gasteiger partial charge in [-0.15, -0.1) is 0 Å². The summed E-state index contributed by atoms with van der Waals surface area (Å²) in [5, 5.41) is 9.21. The van der Waals surface area contributed by atoms with Gasteiger partial charge in [-0.2, -0.15) is 0 Å². The SMILES string of the molecule is C[C@H](N)c1ccc(N2CCCC(CO)C2)cn1. The monoisotopic (exact) mass is 235 g/mol. The molecule has 2 rings (SSSR count). The number of piperidine rings is 1. The van der Waals surface area contributed by atoms with E-state index in [1.54, 1.807) is 0 Å². The van der Waals surface area contributed by atoms with Crippen molar-refractivity contribution in [2.75, 3.05) is 24.6 Å². The van der Waals surface area contributed by atoms with E-state index in [9.17, 15) is 5.11 Å². The summed E-state index contributed by atoms with van der Waals surface area (Å²) in [5.74, 6) is 0.400. The lowest BCUT2D eigenvalue weighted by molar-refractivity contribution is 0.208. The van der Waals surface area contributed by atoms with Gasteiger partial charge in [0.2, 0.25) is 0 Å². The van der Waals surface area contributed by atoms with E-state index in [4.69, 9.17) is 5.73 Å². The van der Waals surface area contributed by atoms with Gasteiger partial charge in [-0.3, -0.25) is 4.98 Å². The fourth-order valence-corrected chi connectivity index (χ4v) is 2.30. The molecule has 1 unspecified atom stereocenters. The third-order valence-electron chi connectivity index (χ3n) is 3.38. The Hall–Kier alpha value is -1.13. The molecule has 17 heavy (non-hydrogen) atoms. The van der Waals surface area contributed by atoms with Gasteiger partial charge in [0.25, 0.3) is 0 Å². The summed E-state index contributed by atoms with van der Waals surface area (Å²) in [6, 6.07) is 4.05. The molecule has 0 saturated carbocycles. The molecule has 1 aromatic heterocycles. The smallest absolute Gasteiger partial charge is 0.0569 e. The van der Waals surface area contributed by atoms with Crippen molar-refractivity contribution in [1.82, 2.24) is 4.98 Å². The number of pyridine rings is 1. The van der Waals surface area contributed by atoms with Crippen molar-refractivity contribution in [1.29, 1.82) is 0 Å². The van der Waals surface area contributed by atoms with E-state index in [0.717, 1.165) is 37.3 Å². The summed E-state index contributed by atoms with van der Waals surface area (Å²) in [4.78, 5) is 6.67. The van der Waals surface area contributed by atoms with Crippen LogP contribution in [0.25, 0.3) is 0 Å². The Labute approximate surface area is 102 Å². The number of aliphatic hydroxyl groups excluding tert-OH is 1. The standard InChI is InChI=1S/C13H21N3O/c1-10(14)13-5-4-12(7-15-13)16-6-2-3-11(8-16)9-17/h4-5,7,10-11,17H,2-3,6,8-9,14H2,1H3/t10-,11?/m0/s1. The third-order valence-corrected chi connectivity index (χ3v) is 3.38. The molecular weight excluding hydrogens is 214 g/mol. The van der Waals surface area contributed by atoms with Crippen molar-refractivity contribution >= 4 is 5.69 Å². The van der Waals surface area contributed by atoms with Crippen molar-refractivity contribution in [3.05, 3.63) is 24.0 Å². The van der Waals surface area contributed by atoms with E-state index >= 15 is 0 Å². The minimum atomic E-state index is -0.0180. The number of rotatable bonds is 3. The summed E-state index contributed by atoms with van der Waals surface area (Å²) in [6.07, 6.45) is 4.15. The topological polar surface area (TPSA) is 62.4 Å². The number of nitrogens with zero attached hydrogens (tertiary/aromatic N) is 2. The van der Waals surface area contributed by atoms with E-state index < -0.39 is 0 Å². The number of aliphatic hydroxyl groups is 1. The molecule has 1 fully saturated rings. The maximum Gasteiger partial charge on any atom is 0.0569 e. The van der Waals surface area contributed by atoms with Crippen LogP contribution in [0.2, 0.25) is 0 Å². The second kappa shape index (κ2) is 5.47. The average Bonchev–Trinajstić information content (AvgIpc) is 2.39. The highest BCUT2D eigenvalue weighted by Crippen LogP contribution is 2.22. The maximum atomic E-state index is 9.21. The molecule has 0 aromatic carbocycles. The molecular formula is C13H21N3O. The molecule has 0 bridgehead atoms. The number of hydrogen-bond donors (Lipinski definition) is 2. The first kappa shape index (κ1) is 12.3. The van der Waals surface area contributed by atoms with Crippen LogP contribution in [0.3, 0.4) is 0 Å². The third kappa shape index (κ3) is 2.96. The Morgan fingerprint density at radius 2 is 2.41 bits per heavy atom. The molecule has 2 atom stereocenters. The van der Waals surface area contributed by atoms with E-state index in [1.807, 2.05) is 19.2 Å². The van der Waals surface area contributed by atoms with Crippen LogP contribution in [-0.2, 0) is 0 Å². The fourth-order valence-electron chi connectivity index (χ4n) is 2.30. The van der Waals surface area contributed by atoms with Crippen LogP contribution < -0.4 is 10.6 Å². The van der Waals surface area contributed by atoms with Crippen molar-refractivity contribution in [3.63, 3.8) is 0 Å². The summed E-state index contributed by atoms with van der Waals surface area (Å²) in [7, 11) is 0. The summed E-state index contributed by atoms with van der Waals surface area (Å²) in [5.41, 5.74) is 7.83. The Morgan fingerprint density at radius 1 is 1.59 bits per heavy atom. The quantitative estimate of drug-likeness (QED) is 0.829. The van der Waals surface area contributed by atoms with E-state index in [1.165, 1.54) is 0 Å². The van der Waals surface area contributed by atoms with Crippen molar-refractivity contribution < 1.29 is 5.11 Å². The minimum Gasteiger partial charge on any atom is -0.396 e. The van der Waals surface area contributed by atoms with Gasteiger partial charge >= 0.3 is 0 Å². The van der Waals surface area contributed by atoms with Crippen molar-refractivity contribution in [3.8, 4) is 0 Å². The first-order chi connectivity index (χ1) is 8.20. The molecule has 4 nitrogen and oxygen atoms in total. The van der Waals surface area contributed by atoms with Crippen LogP contribution >= 0.6 is 0 Å². The molecule has 4 heteroatoms. The van der Waals surface area contributed by atoms with Crippen molar-refractivity contribution in [2.45, 2.75) is 25.8 Å². The molecule has 3 N–H and O–H groups in total. The largest absolute Gasteiger partial charge is 0.396 e. The fraction of sp³-hybridized carbons (Fsp3) is 0.615. The molecule has 1 aliphatic rings. The van der Waals surface area contributed by atoms with Crippen LogP contribution in [0.1, 0.15) is 31.5 Å². The first-order valence-electron chi connectivity index (χ1n) is 6.28. The summed E-state index contributed by atoms with van der Waals surface area (Å²) >= 11 is 0. The van der Waals surface area contributed by atoms with Gasteiger partial charge in [0.05, 0.1) is 17.6 Å². The van der Waals surface area contributed by atoms with Gasteiger partial charge in [0, 0.05) is 25.7 Å². The van der Waals surface area contributed by atoms with Gasteiger partial charge < -0.3 is 15.7 Å². The number of hydrogen-bond acceptors (Lipinski definition) is 4. The Bertz CT molecular complexity index is 350. The van der Waals surface area contributed by atoms with Gasteiger partial charge in [0.1, 0.15) is 0 Å². The van der Waals surface area contributed by atoms with Gasteiger partial charge in [-0.25, -0.2) is 0 Å². The van der Waals surface area contributed by atoms with Crippen LogP contribution in [0, 0.1) is 5.92 Å². The van der Waals surface area contributed by atoms with E-state index in [2.05, 4.69) is 16.0 Å². The molecule has 94 valence electrons. The average molecular weight is 235 g/mol. The molecule has 1 aromatic rings. The van der Waals surface area contributed by atoms with Crippen LogP contribution in [0.15, 0.2) is 18.3 Å². The highest BCUT2D eigenvalue weighted by Gasteiger charge is 2.19. The Kier molecular flexibility index (Phi) is 3.97. The summed E-state index contributed by atoms with van der Waals surface area (Å²) < 4.78 is 0. The molecule has 0 amide bonds. The number of anilines is 1. The normalized spacial score (nSPS) is 22.5. The molecule has 1 aliphatic heterocycles. The zero-order chi connectivity index (χ0) is 12.3. The maximum absolute atomic E-state index is 9.21. The van der Waals surface area contributed by atoms with Gasteiger partial charge in [-0.05, 0) is 37.8 Å². The number of aromatic nitrogens is 1. The second-order valence-electron chi connectivity index (χ2n) is 4.87. The number of nitrogens with two attached hydrogens (primary N) is 1. The van der Waals surface area contributed by atoms with E-state index in [-0.39, 0.29) is 12.6 Å². The van der Waals surface area contributed by atoms with Gasteiger partial charge in [0.15, 0.2) is 0 Å². The highest BCUT2D eigenvalue weighted by atomic mass is 16.3. The Morgan fingerprint density at radius 3 is 3.00 bits per heavy atom. The van der Waals surface area contributed by atoms with Crippen molar-refractivity contribution in [2.24, 2.45) is 11.7 Å². The molecule has 2 heterocycles. The lowest BCUT2D eigenvalue weighted by atomic mass is 9.99. The lowest BCUT2D eigenvalue weighted by Gasteiger charge is -2.33. The Balaban J connectivity index is 2.06.